The second kappa shape index (κ2) is 13.5. The molecule has 14 heteroatoms. The summed E-state index contributed by atoms with van der Waals surface area (Å²) in [5.41, 5.74) is 0.720. The third-order valence-corrected chi connectivity index (χ3v) is 9.97. The average molecular weight is 654 g/mol. The lowest BCUT2D eigenvalue weighted by atomic mass is 10.1. The monoisotopic (exact) mass is 652 g/mol. The van der Waals surface area contributed by atoms with Gasteiger partial charge in [-0.2, -0.15) is 4.72 Å². The molecule has 3 aromatic rings. The number of piperazine rings is 1. The summed E-state index contributed by atoms with van der Waals surface area (Å²) >= 11 is 13.2. The predicted octanol–water partition coefficient (Wildman–Crippen LogP) is 3.28. The van der Waals surface area contributed by atoms with Gasteiger partial charge in [-0.1, -0.05) is 47.0 Å². The van der Waals surface area contributed by atoms with E-state index in [4.69, 9.17) is 23.2 Å². The number of thiophene rings is 1. The summed E-state index contributed by atoms with van der Waals surface area (Å²) in [6.07, 6.45) is 0.246. The van der Waals surface area contributed by atoms with Crippen LogP contribution in [0.1, 0.15) is 23.0 Å². The Morgan fingerprint density at radius 1 is 1.00 bits per heavy atom. The second-order valence-corrected chi connectivity index (χ2v) is 13.5. The molecule has 42 heavy (non-hydrogen) atoms. The van der Waals surface area contributed by atoms with Gasteiger partial charge in [-0.3, -0.25) is 14.4 Å². The van der Waals surface area contributed by atoms with Crippen molar-refractivity contribution in [3.05, 3.63) is 75.6 Å². The van der Waals surface area contributed by atoms with Crippen LogP contribution in [0.2, 0.25) is 10.0 Å². The molecule has 10 nitrogen and oxygen atoms in total. The number of rotatable bonds is 10. The van der Waals surface area contributed by atoms with E-state index in [1.54, 1.807) is 17.9 Å². The first-order valence-corrected chi connectivity index (χ1v) is 16.0. The molecule has 3 amide bonds. The van der Waals surface area contributed by atoms with Crippen molar-refractivity contribution in [2.75, 3.05) is 32.8 Å². The fraction of sp³-hybridized carbons (Fsp3) is 0.321. The lowest BCUT2D eigenvalue weighted by Gasteiger charge is -2.37. The van der Waals surface area contributed by atoms with E-state index >= 15 is 0 Å². The van der Waals surface area contributed by atoms with Crippen molar-refractivity contribution < 1.29 is 27.9 Å². The first-order chi connectivity index (χ1) is 19.9. The Kier molecular flexibility index (Phi) is 10.3. The zero-order valence-electron chi connectivity index (χ0n) is 22.7. The Bertz CT molecular complexity index is 1590. The number of carbonyl (C=O) groups excluding carboxylic acids is 3. The highest BCUT2D eigenvalue weighted by Gasteiger charge is 2.34. The number of halogens is 2. The molecule has 2 heterocycles. The minimum atomic E-state index is -4.25. The summed E-state index contributed by atoms with van der Waals surface area (Å²) in [6.45, 7) is 5.41. The van der Waals surface area contributed by atoms with Crippen molar-refractivity contribution >= 4 is 72.4 Å². The zero-order chi connectivity index (χ0) is 30.6. The maximum atomic E-state index is 13.5. The lowest BCUT2D eigenvalue weighted by molar-refractivity contribution is -0.142. The van der Waals surface area contributed by atoms with E-state index in [0.29, 0.717) is 4.88 Å². The molecule has 224 valence electrons. The van der Waals surface area contributed by atoms with E-state index in [1.807, 2.05) is 24.3 Å². The molecule has 1 unspecified atom stereocenters. The van der Waals surface area contributed by atoms with Gasteiger partial charge in [0.25, 0.3) is 5.91 Å². The van der Waals surface area contributed by atoms with Crippen LogP contribution in [0.25, 0.3) is 10.1 Å². The van der Waals surface area contributed by atoms with Crippen LogP contribution in [0.3, 0.4) is 0 Å². The maximum Gasteiger partial charge on any atom is 0.262 e. The number of nitrogens with zero attached hydrogens (tertiary/aromatic N) is 2. The highest BCUT2D eigenvalue weighted by atomic mass is 35.5. The topological polar surface area (TPSA) is 136 Å². The molecule has 1 fully saturated rings. The lowest BCUT2D eigenvalue weighted by Crippen LogP contribution is -2.59. The van der Waals surface area contributed by atoms with Crippen molar-refractivity contribution in [2.24, 2.45) is 0 Å². The summed E-state index contributed by atoms with van der Waals surface area (Å²) < 4.78 is 28.9. The van der Waals surface area contributed by atoms with Crippen molar-refractivity contribution in [3.63, 3.8) is 0 Å². The van der Waals surface area contributed by atoms with E-state index in [2.05, 4.69) is 16.6 Å². The van der Waals surface area contributed by atoms with Gasteiger partial charge in [-0.25, -0.2) is 8.42 Å². The molecular formula is C28H30Cl2N4O6S2. The number of fused-ring (bicyclic) bond motifs is 1. The first kappa shape index (κ1) is 31.9. The Morgan fingerprint density at radius 3 is 2.19 bits per heavy atom. The molecule has 1 saturated heterocycles. The summed E-state index contributed by atoms with van der Waals surface area (Å²) in [5, 5.41) is 13.7. The van der Waals surface area contributed by atoms with E-state index in [-0.39, 0.29) is 59.4 Å². The van der Waals surface area contributed by atoms with Crippen molar-refractivity contribution in [1.29, 1.82) is 0 Å². The molecule has 0 radical (unpaired) electrons. The molecule has 0 bridgehead atoms. The summed E-state index contributed by atoms with van der Waals surface area (Å²) in [7, 11) is -4.25. The zero-order valence-corrected chi connectivity index (χ0v) is 25.8. The SMILES string of the molecule is C=C(C)C[C@H](NC(=O)c1cc2ccccc2s1)C(=O)N1CCN(C(=O)C(CO)NS(=O)(=O)c2ccc(Cl)cc2Cl)CC1. The van der Waals surface area contributed by atoms with E-state index in [0.717, 1.165) is 15.7 Å². The maximum absolute atomic E-state index is 13.5. The number of hydrogen-bond donors (Lipinski definition) is 3. The summed E-state index contributed by atoms with van der Waals surface area (Å²) in [6, 6.07) is 10.9. The van der Waals surface area contributed by atoms with E-state index in [1.165, 1.54) is 34.4 Å². The molecule has 0 spiro atoms. The molecule has 2 aromatic carbocycles. The van der Waals surface area contributed by atoms with Crippen LogP contribution < -0.4 is 10.0 Å². The number of sulfonamides is 1. The Morgan fingerprint density at radius 2 is 1.62 bits per heavy atom. The smallest absolute Gasteiger partial charge is 0.262 e. The van der Waals surface area contributed by atoms with Crippen LogP contribution in [0.5, 0.6) is 0 Å². The molecule has 0 aliphatic carbocycles. The third-order valence-electron chi connectivity index (χ3n) is 6.67. The van der Waals surface area contributed by atoms with Gasteiger partial charge in [0.15, 0.2) is 0 Å². The number of nitrogens with one attached hydrogen (secondary N) is 2. The number of aliphatic hydroxyl groups is 1. The highest BCUT2D eigenvalue weighted by molar-refractivity contribution is 7.89. The standard InChI is InChI=1S/C28H30Cl2N4O6S2/c1-17(2)13-21(31-26(36)24-14-18-5-3-4-6-23(18)41-24)27(37)33-9-11-34(12-10-33)28(38)22(16-35)32-42(39,40)25-8-7-19(29)15-20(25)30/h3-8,14-15,21-22,32,35H,1,9-13,16H2,2H3,(H,31,36)/t21-,22?/m0/s1. The number of benzene rings is 2. The summed E-state index contributed by atoms with van der Waals surface area (Å²) in [5.74, 6) is -1.31. The van der Waals surface area contributed by atoms with Gasteiger partial charge in [-0.05, 0) is 49.1 Å². The van der Waals surface area contributed by atoms with Gasteiger partial charge in [0.1, 0.15) is 17.0 Å². The minimum absolute atomic E-state index is 0.106. The van der Waals surface area contributed by atoms with E-state index in [9.17, 15) is 27.9 Å². The first-order valence-electron chi connectivity index (χ1n) is 13.0. The molecule has 2 atom stereocenters. The van der Waals surface area contributed by atoms with Gasteiger partial charge >= 0.3 is 0 Å². The van der Waals surface area contributed by atoms with Crippen LogP contribution >= 0.6 is 34.5 Å². The Hall–Kier alpha value is -3.00. The summed E-state index contributed by atoms with van der Waals surface area (Å²) in [4.78, 5) is 42.8. The van der Waals surface area contributed by atoms with Crippen molar-refractivity contribution in [1.82, 2.24) is 19.8 Å². The molecule has 3 N–H and O–H groups in total. The molecular weight excluding hydrogens is 623 g/mol. The molecule has 1 aliphatic heterocycles. The third kappa shape index (κ3) is 7.49. The van der Waals surface area contributed by atoms with Crippen LogP contribution in [0, 0.1) is 0 Å². The van der Waals surface area contributed by atoms with Gasteiger partial charge in [0, 0.05) is 35.9 Å². The number of hydrogen-bond acceptors (Lipinski definition) is 7. The predicted molar refractivity (Wildman–Crippen MR) is 163 cm³/mol. The van der Waals surface area contributed by atoms with Crippen molar-refractivity contribution in [2.45, 2.75) is 30.3 Å². The normalized spacial score (nSPS) is 15.3. The minimum Gasteiger partial charge on any atom is -0.394 e. The average Bonchev–Trinajstić information content (AvgIpc) is 3.39. The van der Waals surface area contributed by atoms with Gasteiger partial charge in [0.05, 0.1) is 16.5 Å². The van der Waals surface area contributed by atoms with Crippen LogP contribution in [0.4, 0.5) is 0 Å². The fourth-order valence-corrected chi connectivity index (χ4v) is 7.49. The molecule has 1 aliphatic rings. The van der Waals surface area contributed by atoms with Gasteiger partial charge in [-0.15, -0.1) is 17.9 Å². The van der Waals surface area contributed by atoms with Crippen LogP contribution in [-0.4, -0.2) is 85.9 Å². The molecule has 4 rings (SSSR count). The Labute approximate surface area is 257 Å². The quantitative estimate of drug-likeness (QED) is 0.288. The molecule has 0 saturated carbocycles. The van der Waals surface area contributed by atoms with Crippen LogP contribution in [-0.2, 0) is 19.6 Å². The van der Waals surface area contributed by atoms with Gasteiger partial charge in [0.2, 0.25) is 21.8 Å². The highest BCUT2D eigenvalue weighted by Crippen LogP contribution is 2.26. The van der Waals surface area contributed by atoms with Gasteiger partial charge < -0.3 is 20.2 Å². The largest absolute Gasteiger partial charge is 0.394 e. The van der Waals surface area contributed by atoms with E-state index < -0.39 is 34.6 Å². The van der Waals surface area contributed by atoms with Crippen LogP contribution in [0.15, 0.2) is 65.6 Å². The molecule has 1 aromatic heterocycles. The second-order valence-electron chi connectivity index (χ2n) is 9.92. The Balaban J connectivity index is 1.39. The number of aliphatic hydroxyl groups excluding tert-OH is 1. The fourth-order valence-electron chi connectivity index (χ4n) is 4.57. The number of amides is 3. The van der Waals surface area contributed by atoms with Crippen molar-refractivity contribution in [3.8, 4) is 0 Å². The number of carbonyl (C=O) groups is 3.